The lowest BCUT2D eigenvalue weighted by atomic mass is 9.95. The fraction of sp³-hybridized carbons (Fsp3) is 0.133. The first kappa shape index (κ1) is 14.2. The first-order valence-electron chi connectivity index (χ1n) is 5.78. The van der Waals surface area contributed by atoms with Gasteiger partial charge in [0, 0.05) is 11.1 Å². The summed E-state index contributed by atoms with van der Waals surface area (Å²) in [6.45, 7) is 1.48. The minimum atomic E-state index is -4.61. The maximum absolute atomic E-state index is 13.0. The van der Waals surface area contributed by atoms with Gasteiger partial charge in [-0.15, -0.1) is 0 Å². The van der Waals surface area contributed by atoms with Crippen LogP contribution in [0.1, 0.15) is 27.0 Å². The topological polar surface area (TPSA) is 17.1 Å². The third-order valence-electron chi connectivity index (χ3n) is 2.91. The number of hydrogen-bond donors (Lipinski definition) is 0. The van der Waals surface area contributed by atoms with E-state index in [1.54, 1.807) is 0 Å². The molecule has 5 heteroatoms. The van der Waals surface area contributed by atoms with Crippen LogP contribution in [0.3, 0.4) is 0 Å². The number of rotatable bonds is 2. The average Bonchev–Trinajstić information content (AvgIpc) is 2.37. The summed E-state index contributed by atoms with van der Waals surface area (Å²) in [6.07, 6.45) is -4.61. The summed E-state index contributed by atoms with van der Waals surface area (Å²) in [4.78, 5) is 12.2. The molecule has 20 heavy (non-hydrogen) atoms. The van der Waals surface area contributed by atoms with Gasteiger partial charge in [-0.05, 0) is 36.8 Å². The van der Waals surface area contributed by atoms with Crippen LogP contribution in [0.5, 0.6) is 0 Å². The number of halogens is 4. The van der Waals surface area contributed by atoms with Crippen molar-refractivity contribution in [2.24, 2.45) is 0 Å². The van der Waals surface area contributed by atoms with Crippen molar-refractivity contribution in [2.75, 3.05) is 0 Å². The van der Waals surface area contributed by atoms with Gasteiger partial charge >= 0.3 is 6.18 Å². The fourth-order valence-corrected chi connectivity index (χ4v) is 1.96. The van der Waals surface area contributed by atoms with Gasteiger partial charge in [-0.25, -0.2) is 4.39 Å². The molecule has 0 aromatic heterocycles. The average molecular weight is 282 g/mol. The highest BCUT2D eigenvalue weighted by molar-refractivity contribution is 6.10. The number of benzene rings is 2. The van der Waals surface area contributed by atoms with Crippen LogP contribution in [0.2, 0.25) is 0 Å². The third kappa shape index (κ3) is 2.71. The second kappa shape index (κ2) is 5.07. The zero-order valence-corrected chi connectivity index (χ0v) is 10.5. The first-order valence-corrected chi connectivity index (χ1v) is 5.78. The predicted molar refractivity (Wildman–Crippen MR) is 66.0 cm³/mol. The summed E-state index contributed by atoms with van der Waals surface area (Å²) in [5.74, 6) is -1.31. The van der Waals surface area contributed by atoms with E-state index in [2.05, 4.69) is 0 Å². The Labute approximate surface area is 112 Å². The molecule has 0 spiro atoms. The van der Waals surface area contributed by atoms with Gasteiger partial charge in [0.2, 0.25) is 0 Å². The Morgan fingerprint density at radius 2 is 1.65 bits per heavy atom. The van der Waals surface area contributed by atoms with E-state index in [0.717, 1.165) is 24.3 Å². The summed E-state index contributed by atoms with van der Waals surface area (Å²) >= 11 is 0. The van der Waals surface area contributed by atoms with Crippen molar-refractivity contribution in [3.05, 3.63) is 70.5 Å². The minimum Gasteiger partial charge on any atom is -0.289 e. The highest BCUT2D eigenvalue weighted by Crippen LogP contribution is 2.33. The molecule has 1 nitrogen and oxygen atoms in total. The lowest BCUT2D eigenvalue weighted by Gasteiger charge is -2.12. The number of carbonyl (C=O) groups excluding carboxylic acids is 1. The van der Waals surface area contributed by atoms with Crippen molar-refractivity contribution in [3.8, 4) is 0 Å². The molecule has 0 aliphatic carbocycles. The maximum atomic E-state index is 13.0. The normalized spacial score (nSPS) is 11.4. The van der Waals surface area contributed by atoms with E-state index in [4.69, 9.17) is 0 Å². The lowest BCUT2D eigenvalue weighted by molar-refractivity contribution is -0.137. The van der Waals surface area contributed by atoms with Crippen LogP contribution >= 0.6 is 0 Å². The van der Waals surface area contributed by atoms with Gasteiger partial charge in [-0.1, -0.05) is 18.2 Å². The van der Waals surface area contributed by atoms with Gasteiger partial charge in [0.05, 0.1) is 5.56 Å². The van der Waals surface area contributed by atoms with Crippen molar-refractivity contribution in [1.29, 1.82) is 0 Å². The Kier molecular flexibility index (Phi) is 3.61. The largest absolute Gasteiger partial charge is 0.417 e. The molecule has 2 aromatic rings. The van der Waals surface area contributed by atoms with E-state index in [1.165, 1.54) is 25.1 Å². The second-order valence-electron chi connectivity index (χ2n) is 4.33. The quantitative estimate of drug-likeness (QED) is 0.590. The zero-order valence-electron chi connectivity index (χ0n) is 10.5. The molecular formula is C15H10F4O. The number of alkyl halides is 3. The SMILES string of the molecule is Cc1cc(F)ccc1C(=O)c1ccccc1C(F)(F)F. The molecule has 104 valence electrons. The van der Waals surface area contributed by atoms with Crippen molar-refractivity contribution < 1.29 is 22.4 Å². The van der Waals surface area contributed by atoms with Crippen LogP contribution in [0.25, 0.3) is 0 Å². The number of aryl methyl sites for hydroxylation is 1. The van der Waals surface area contributed by atoms with E-state index in [0.29, 0.717) is 5.56 Å². The van der Waals surface area contributed by atoms with Crippen LogP contribution in [-0.4, -0.2) is 5.78 Å². The van der Waals surface area contributed by atoms with Gasteiger partial charge in [0.25, 0.3) is 0 Å². The molecule has 0 N–H and O–H groups in total. The molecule has 0 bridgehead atoms. The lowest BCUT2D eigenvalue weighted by Crippen LogP contribution is -2.14. The molecule has 0 fully saturated rings. The predicted octanol–water partition coefficient (Wildman–Crippen LogP) is 4.38. The van der Waals surface area contributed by atoms with Crippen molar-refractivity contribution in [3.63, 3.8) is 0 Å². The van der Waals surface area contributed by atoms with E-state index in [-0.39, 0.29) is 5.56 Å². The molecule has 0 amide bonds. The van der Waals surface area contributed by atoms with Gasteiger partial charge in [0.1, 0.15) is 5.82 Å². The molecule has 0 radical (unpaired) electrons. The zero-order chi connectivity index (χ0) is 14.9. The fourth-order valence-electron chi connectivity index (χ4n) is 1.96. The van der Waals surface area contributed by atoms with E-state index < -0.39 is 28.9 Å². The monoisotopic (exact) mass is 282 g/mol. The Bertz CT molecular complexity index is 659. The molecule has 0 saturated carbocycles. The van der Waals surface area contributed by atoms with Gasteiger partial charge in [0.15, 0.2) is 5.78 Å². The molecule has 2 rings (SSSR count). The molecule has 0 aliphatic rings. The van der Waals surface area contributed by atoms with Gasteiger partial charge in [-0.2, -0.15) is 13.2 Å². The first-order chi connectivity index (χ1) is 9.30. The highest BCUT2D eigenvalue weighted by atomic mass is 19.4. The van der Waals surface area contributed by atoms with Crippen LogP contribution < -0.4 is 0 Å². The minimum absolute atomic E-state index is 0.0584. The summed E-state index contributed by atoms with van der Waals surface area (Å²) < 4.78 is 51.6. The Hall–Kier alpha value is -2.17. The molecule has 0 unspecified atom stereocenters. The van der Waals surface area contributed by atoms with Gasteiger partial charge < -0.3 is 0 Å². The Morgan fingerprint density at radius 1 is 1.00 bits per heavy atom. The molecular weight excluding hydrogens is 272 g/mol. The second-order valence-corrected chi connectivity index (χ2v) is 4.33. The Balaban J connectivity index is 2.55. The number of carbonyl (C=O) groups is 1. The molecule has 0 heterocycles. The highest BCUT2D eigenvalue weighted by Gasteiger charge is 2.35. The smallest absolute Gasteiger partial charge is 0.289 e. The van der Waals surface area contributed by atoms with Crippen LogP contribution in [0.15, 0.2) is 42.5 Å². The molecule has 0 atom stereocenters. The Morgan fingerprint density at radius 3 is 2.25 bits per heavy atom. The van der Waals surface area contributed by atoms with Crippen molar-refractivity contribution in [2.45, 2.75) is 13.1 Å². The summed E-state index contributed by atoms with van der Waals surface area (Å²) in [5.41, 5.74) is -1.07. The van der Waals surface area contributed by atoms with Crippen molar-refractivity contribution >= 4 is 5.78 Å². The van der Waals surface area contributed by atoms with E-state index in [9.17, 15) is 22.4 Å². The van der Waals surface area contributed by atoms with E-state index in [1.807, 2.05) is 0 Å². The van der Waals surface area contributed by atoms with Crippen LogP contribution in [0.4, 0.5) is 17.6 Å². The van der Waals surface area contributed by atoms with E-state index >= 15 is 0 Å². The number of hydrogen-bond acceptors (Lipinski definition) is 1. The molecule has 0 aliphatic heterocycles. The number of ketones is 1. The van der Waals surface area contributed by atoms with Crippen LogP contribution in [-0.2, 0) is 6.18 Å². The maximum Gasteiger partial charge on any atom is 0.417 e. The van der Waals surface area contributed by atoms with Crippen LogP contribution in [0, 0.1) is 12.7 Å². The molecule has 2 aromatic carbocycles. The van der Waals surface area contributed by atoms with Crippen molar-refractivity contribution in [1.82, 2.24) is 0 Å². The molecule has 0 saturated heterocycles. The van der Waals surface area contributed by atoms with Gasteiger partial charge in [-0.3, -0.25) is 4.79 Å². The standard InChI is InChI=1S/C15H10F4O/c1-9-8-10(16)6-7-11(9)14(20)12-4-2-3-5-13(12)15(17,18)19/h2-8H,1H3. The third-order valence-corrected chi connectivity index (χ3v) is 2.91. The summed E-state index contributed by atoms with van der Waals surface area (Å²) in [5, 5.41) is 0. The summed E-state index contributed by atoms with van der Waals surface area (Å²) in [6, 6.07) is 7.92. The summed E-state index contributed by atoms with van der Waals surface area (Å²) in [7, 11) is 0.